The molecule has 1 aromatic carbocycles. The predicted octanol–water partition coefficient (Wildman–Crippen LogP) is 3.06. The number of alkyl halides is 3. The van der Waals surface area contributed by atoms with E-state index in [1.807, 2.05) is 0 Å². The number of esters is 3. The smallest absolute Gasteiger partial charge is 0.417 e. The highest BCUT2D eigenvalue weighted by atomic mass is 32.2. The first kappa shape index (κ1) is 25.4. The Morgan fingerprint density at radius 2 is 1.59 bits per heavy atom. The van der Waals surface area contributed by atoms with Gasteiger partial charge in [-0.2, -0.15) is 13.2 Å². The second kappa shape index (κ2) is 9.95. The molecular weight excluding hydrogens is 485 g/mol. The molecule has 0 radical (unpaired) electrons. The molecular formula is C21H19F3O9S. The van der Waals surface area contributed by atoms with Gasteiger partial charge in [0.25, 0.3) is 0 Å². The molecule has 0 spiro atoms. The minimum Gasteiger partial charge on any atom is -0.476 e. The fraction of sp³-hybridized carbons (Fsp3) is 0.429. The molecule has 4 atom stereocenters. The third-order valence-electron chi connectivity index (χ3n) is 4.58. The molecule has 0 aliphatic carbocycles. The van der Waals surface area contributed by atoms with Crippen LogP contribution in [0.5, 0.6) is 5.75 Å². The number of carbonyl (C=O) groups is 3. The van der Waals surface area contributed by atoms with Gasteiger partial charge in [0.2, 0.25) is 0 Å². The number of hydrogen-bond acceptors (Lipinski definition) is 10. The van der Waals surface area contributed by atoms with Crippen LogP contribution in [0.3, 0.4) is 0 Å². The maximum Gasteiger partial charge on any atom is 0.417 e. The minimum absolute atomic E-state index is 0.00265. The van der Waals surface area contributed by atoms with E-state index in [-0.39, 0.29) is 22.5 Å². The summed E-state index contributed by atoms with van der Waals surface area (Å²) in [6.45, 7) is 3.40. The molecule has 3 rings (SSSR count). The second-order valence-electron chi connectivity index (χ2n) is 7.25. The number of benzene rings is 1. The van der Waals surface area contributed by atoms with Crippen LogP contribution < -0.4 is 10.4 Å². The topological polar surface area (TPSA) is 118 Å². The summed E-state index contributed by atoms with van der Waals surface area (Å²) in [7, 11) is 0. The monoisotopic (exact) mass is 504 g/mol. The van der Waals surface area contributed by atoms with E-state index in [4.69, 9.17) is 23.4 Å². The van der Waals surface area contributed by atoms with E-state index in [1.165, 1.54) is 6.07 Å². The number of carbonyl (C=O) groups excluding carboxylic acids is 3. The van der Waals surface area contributed by atoms with Crippen molar-refractivity contribution in [3.63, 3.8) is 0 Å². The molecule has 2 aromatic rings. The lowest BCUT2D eigenvalue weighted by atomic mass is 10.1. The van der Waals surface area contributed by atoms with Gasteiger partial charge in [-0.15, -0.1) is 11.8 Å². The van der Waals surface area contributed by atoms with Gasteiger partial charge in [-0.05, 0) is 12.1 Å². The molecule has 1 saturated heterocycles. The lowest BCUT2D eigenvalue weighted by molar-refractivity contribution is -0.186. The van der Waals surface area contributed by atoms with Crippen LogP contribution in [0, 0.1) is 0 Å². The molecule has 0 saturated carbocycles. The first-order valence-corrected chi connectivity index (χ1v) is 10.8. The summed E-state index contributed by atoms with van der Waals surface area (Å²) >= 11 is 1.06. The summed E-state index contributed by atoms with van der Waals surface area (Å²) < 4.78 is 66.3. The summed E-state index contributed by atoms with van der Waals surface area (Å²) in [6.07, 6.45) is -8.15. The van der Waals surface area contributed by atoms with Gasteiger partial charge in [0.1, 0.15) is 11.3 Å². The Labute approximate surface area is 194 Å². The molecule has 0 N–H and O–H groups in total. The van der Waals surface area contributed by atoms with Crippen molar-refractivity contribution >= 4 is 40.6 Å². The maximum absolute atomic E-state index is 13.3. The Balaban J connectivity index is 1.96. The van der Waals surface area contributed by atoms with Gasteiger partial charge in [-0.1, -0.05) is 0 Å². The number of fused-ring (bicyclic) bond motifs is 1. The number of rotatable bonds is 5. The van der Waals surface area contributed by atoms with Gasteiger partial charge in [-0.25, -0.2) is 4.79 Å². The summed E-state index contributed by atoms with van der Waals surface area (Å²) in [5.41, 5.74) is -3.72. The van der Waals surface area contributed by atoms with Crippen LogP contribution in [-0.2, 0) is 34.8 Å². The highest BCUT2D eigenvalue weighted by molar-refractivity contribution is 7.99. The van der Waals surface area contributed by atoms with Crippen molar-refractivity contribution in [3.8, 4) is 5.75 Å². The standard InChI is InChI=1S/C21H19F3O9S/c1-9(25)29-16-8-34-20(19(31-11(3)27)18(16)30-10(2)26)32-12-4-5-13-14(21(22,23)24)7-17(28)33-15(13)6-12/h4-7,16,18-20H,8H2,1-3H3/t16-,18+,19-,20-/m1/s1. The van der Waals surface area contributed by atoms with Gasteiger partial charge >= 0.3 is 29.7 Å². The summed E-state index contributed by atoms with van der Waals surface area (Å²) in [5.74, 6) is -2.01. The number of hydrogen-bond donors (Lipinski definition) is 0. The first-order chi connectivity index (χ1) is 15.8. The zero-order chi connectivity index (χ0) is 25.2. The van der Waals surface area contributed by atoms with Gasteiger partial charge in [-0.3, -0.25) is 14.4 Å². The van der Waals surface area contributed by atoms with Crippen LogP contribution >= 0.6 is 11.8 Å². The van der Waals surface area contributed by atoms with Crippen LogP contribution in [0.1, 0.15) is 26.3 Å². The van der Waals surface area contributed by atoms with E-state index < -0.39 is 59.0 Å². The number of thioether (sulfide) groups is 1. The van der Waals surface area contributed by atoms with E-state index in [0.717, 1.165) is 44.7 Å². The Hall–Kier alpha value is -3.22. The van der Waals surface area contributed by atoms with E-state index >= 15 is 0 Å². The van der Waals surface area contributed by atoms with E-state index in [0.29, 0.717) is 6.07 Å². The van der Waals surface area contributed by atoms with Crippen molar-refractivity contribution in [2.45, 2.75) is 50.7 Å². The Morgan fingerprint density at radius 3 is 2.18 bits per heavy atom. The Morgan fingerprint density at radius 1 is 0.971 bits per heavy atom. The molecule has 34 heavy (non-hydrogen) atoms. The predicted molar refractivity (Wildman–Crippen MR) is 111 cm³/mol. The number of halogens is 3. The molecule has 9 nitrogen and oxygen atoms in total. The van der Waals surface area contributed by atoms with Gasteiger partial charge in [0.05, 0.1) is 5.56 Å². The Bertz CT molecular complexity index is 1160. The second-order valence-corrected chi connectivity index (χ2v) is 8.38. The van der Waals surface area contributed by atoms with Crippen molar-refractivity contribution in [1.82, 2.24) is 0 Å². The van der Waals surface area contributed by atoms with E-state index in [2.05, 4.69) is 0 Å². The van der Waals surface area contributed by atoms with Crippen molar-refractivity contribution in [1.29, 1.82) is 0 Å². The summed E-state index contributed by atoms with van der Waals surface area (Å²) in [5, 5.41) is -0.347. The fourth-order valence-electron chi connectivity index (χ4n) is 3.39. The molecule has 184 valence electrons. The van der Waals surface area contributed by atoms with E-state index in [1.54, 1.807) is 0 Å². The van der Waals surface area contributed by atoms with Crippen LogP contribution in [-0.4, -0.2) is 47.4 Å². The quantitative estimate of drug-likeness (QED) is 0.342. The lowest BCUT2D eigenvalue weighted by Gasteiger charge is -2.39. The lowest BCUT2D eigenvalue weighted by Crippen LogP contribution is -2.55. The molecule has 1 aromatic heterocycles. The minimum atomic E-state index is -4.78. The average molecular weight is 504 g/mol. The van der Waals surface area contributed by atoms with Crippen molar-refractivity contribution in [2.75, 3.05) is 5.75 Å². The van der Waals surface area contributed by atoms with Crippen molar-refractivity contribution < 1.29 is 50.9 Å². The van der Waals surface area contributed by atoms with Crippen molar-refractivity contribution in [3.05, 3.63) is 40.2 Å². The SMILES string of the molecule is CC(=O)O[C@@H]1[C@@H](OC(C)=O)[C@H](OC(C)=O)CS[C@H]1Oc1ccc2c(C(F)(F)F)cc(=O)oc2c1. The van der Waals surface area contributed by atoms with Crippen LogP contribution in [0.2, 0.25) is 0 Å². The van der Waals surface area contributed by atoms with Gasteiger partial charge in [0.15, 0.2) is 23.7 Å². The molecule has 0 amide bonds. The molecule has 0 bridgehead atoms. The summed E-state index contributed by atoms with van der Waals surface area (Å²) in [6, 6.07) is 3.75. The molecule has 1 aliphatic heterocycles. The zero-order valence-corrected chi connectivity index (χ0v) is 18.9. The maximum atomic E-state index is 13.3. The van der Waals surface area contributed by atoms with Crippen LogP contribution in [0.25, 0.3) is 11.0 Å². The largest absolute Gasteiger partial charge is 0.476 e. The average Bonchev–Trinajstić information content (AvgIpc) is 2.69. The third-order valence-corrected chi connectivity index (χ3v) is 5.79. The Kier molecular flexibility index (Phi) is 7.44. The third kappa shape index (κ3) is 6.01. The number of ether oxygens (including phenoxy) is 4. The summed E-state index contributed by atoms with van der Waals surface area (Å²) in [4.78, 5) is 46.5. The van der Waals surface area contributed by atoms with Crippen LogP contribution in [0.4, 0.5) is 13.2 Å². The highest BCUT2D eigenvalue weighted by Crippen LogP contribution is 2.37. The highest BCUT2D eigenvalue weighted by Gasteiger charge is 2.47. The fourth-order valence-corrected chi connectivity index (χ4v) is 4.61. The molecule has 0 unspecified atom stereocenters. The first-order valence-electron chi connectivity index (χ1n) is 9.80. The molecule has 1 aliphatic rings. The van der Waals surface area contributed by atoms with Gasteiger partial charge in [0, 0.05) is 44.0 Å². The van der Waals surface area contributed by atoms with E-state index in [9.17, 15) is 32.3 Å². The molecule has 13 heteroatoms. The zero-order valence-electron chi connectivity index (χ0n) is 18.0. The normalized spacial score (nSPS) is 22.6. The van der Waals surface area contributed by atoms with Crippen molar-refractivity contribution in [2.24, 2.45) is 0 Å². The molecule has 2 heterocycles. The van der Waals surface area contributed by atoms with Crippen LogP contribution in [0.15, 0.2) is 33.5 Å². The van der Waals surface area contributed by atoms with Gasteiger partial charge < -0.3 is 23.4 Å². The molecule has 1 fully saturated rings.